The summed E-state index contributed by atoms with van der Waals surface area (Å²) in [5.41, 5.74) is 19.9. The Morgan fingerprint density at radius 1 is 0.271 bits per heavy atom. The first-order chi connectivity index (χ1) is 34.7. The van der Waals surface area contributed by atoms with Crippen molar-refractivity contribution in [2.45, 2.75) is 5.41 Å². The van der Waals surface area contributed by atoms with Crippen LogP contribution in [0.15, 0.2) is 273 Å². The van der Waals surface area contributed by atoms with E-state index in [0.29, 0.717) is 0 Å². The zero-order chi connectivity index (χ0) is 46.2. The van der Waals surface area contributed by atoms with Gasteiger partial charge in [-0.15, -0.1) is 0 Å². The number of para-hydroxylation sites is 4. The summed E-state index contributed by atoms with van der Waals surface area (Å²) in [6.07, 6.45) is 0. The maximum atomic E-state index is 2.45. The Labute approximate surface area is 407 Å². The molecule has 11 aromatic carbocycles. The van der Waals surface area contributed by atoms with Gasteiger partial charge in [-0.3, -0.25) is 0 Å². The SMILES string of the molecule is c1ccc(-n2c3ccccc3c3cc(N(c4ccc(-c5ccc6c(c5)C(c5ccccc5)(c5ccccc5)c5ccccc5-6)cc4)c4ccc(-n5c6ccccc6c6ccccc65)cc4)ccc32)cc1. The molecule has 328 valence electrons. The Balaban J connectivity index is 0.920. The summed E-state index contributed by atoms with van der Waals surface area (Å²) in [4.78, 5) is 2.41. The van der Waals surface area contributed by atoms with Crippen LogP contribution in [-0.4, -0.2) is 9.13 Å². The van der Waals surface area contributed by atoms with Crippen molar-refractivity contribution in [3.05, 3.63) is 295 Å². The van der Waals surface area contributed by atoms with Crippen LogP contribution >= 0.6 is 0 Å². The number of hydrogen-bond donors (Lipinski definition) is 0. The smallest absolute Gasteiger partial charge is 0.0713 e. The van der Waals surface area contributed by atoms with Crippen molar-refractivity contribution in [1.29, 1.82) is 0 Å². The Hall–Kier alpha value is -9.18. The average Bonchev–Trinajstić information content (AvgIpc) is 4.06. The van der Waals surface area contributed by atoms with Gasteiger partial charge in [0.05, 0.1) is 27.5 Å². The van der Waals surface area contributed by atoms with Crippen LogP contribution in [0.4, 0.5) is 17.1 Å². The highest BCUT2D eigenvalue weighted by atomic mass is 15.1. The van der Waals surface area contributed by atoms with Crippen LogP contribution in [0, 0.1) is 0 Å². The largest absolute Gasteiger partial charge is 0.310 e. The Morgan fingerprint density at radius 2 is 0.700 bits per heavy atom. The number of hydrogen-bond acceptors (Lipinski definition) is 1. The van der Waals surface area contributed by atoms with Gasteiger partial charge in [0.25, 0.3) is 0 Å². The van der Waals surface area contributed by atoms with Crippen LogP contribution in [0.25, 0.3) is 77.2 Å². The minimum Gasteiger partial charge on any atom is -0.310 e. The molecule has 0 fully saturated rings. The summed E-state index contributed by atoms with van der Waals surface area (Å²) in [7, 11) is 0. The van der Waals surface area contributed by atoms with Crippen LogP contribution < -0.4 is 4.90 Å². The van der Waals surface area contributed by atoms with Gasteiger partial charge in [0.15, 0.2) is 0 Å². The molecule has 0 spiro atoms. The molecule has 13 aromatic rings. The van der Waals surface area contributed by atoms with Crippen molar-refractivity contribution in [2.24, 2.45) is 0 Å². The molecule has 2 aromatic heterocycles. The van der Waals surface area contributed by atoms with Crippen LogP contribution in [0.3, 0.4) is 0 Å². The van der Waals surface area contributed by atoms with Crippen molar-refractivity contribution < 1.29 is 0 Å². The van der Waals surface area contributed by atoms with Gasteiger partial charge in [0.2, 0.25) is 0 Å². The highest BCUT2D eigenvalue weighted by molar-refractivity contribution is 6.11. The zero-order valence-electron chi connectivity index (χ0n) is 38.3. The first-order valence-electron chi connectivity index (χ1n) is 24.2. The van der Waals surface area contributed by atoms with Crippen molar-refractivity contribution in [3.63, 3.8) is 0 Å². The van der Waals surface area contributed by atoms with Crippen LogP contribution in [0.2, 0.25) is 0 Å². The lowest BCUT2D eigenvalue weighted by atomic mass is 9.67. The van der Waals surface area contributed by atoms with Gasteiger partial charge in [0, 0.05) is 50.0 Å². The van der Waals surface area contributed by atoms with Crippen molar-refractivity contribution in [1.82, 2.24) is 9.13 Å². The molecular weight excluding hydrogens is 847 g/mol. The molecule has 1 aliphatic carbocycles. The minimum absolute atomic E-state index is 0.463. The fourth-order valence-corrected chi connectivity index (χ4v) is 11.8. The fourth-order valence-electron chi connectivity index (χ4n) is 11.8. The molecule has 0 amide bonds. The lowest BCUT2D eigenvalue weighted by Crippen LogP contribution is -2.28. The molecule has 0 N–H and O–H groups in total. The van der Waals surface area contributed by atoms with E-state index in [2.05, 4.69) is 287 Å². The second-order valence-corrected chi connectivity index (χ2v) is 18.4. The van der Waals surface area contributed by atoms with E-state index in [1.165, 1.54) is 88.1 Å². The lowest BCUT2D eigenvalue weighted by molar-refractivity contribution is 0.769. The van der Waals surface area contributed by atoms with E-state index in [9.17, 15) is 0 Å². The molecule has 3 nitrogen and oxygen atoms in total. The molecule has 0 bridgehead atoms. The maximum absolute atomic E-state index is 2.45. The fraction of sp³-hybridized carbons (Fsp3) is 0.0149. The molecule has 14 rings (SSSR count). The van der Waals surface area contributed by atoms with E-state index in [1.54, 1.807) is 0 Å². The van der Waals surface area contributed by atoms with Gasteiger partial charge in [0.1, 0.15) is 0 Å². The van der Waals surface area contributed by atoms with Gasteiger partial charge < -0.3 is 14.0 Å². The third-order valence-corrected chi connectivity index (χ3v) is 14.8. The van der Waals surface area contributed by atoms with E-state index >= 15 is 0 Å². The van der Waals surface area contributed by atoms with E-state index in [4.69, 9.17) is 0 Å². The number of anilines is 3. The van der Waals surface area contributed by atoms with E-state index < -0.39 is 5.41 Å². The topological polar surface area (TPSA) is 13.1 Å². The van der Waals surface area contributed by atoms with Crippen LogP contribution in [0.1, 0.15) is 22.3 Å². The number of nitrogens with zero attached hydrogens (tertiary/aromatic N) is 3. The normalized spacial score (nSPS) is 12.7. The number of aromatic nitrogens is 2. The summed E-state index contributed by atoms with van der Waals surface area (Å²) in [6, 6.07) is 100. The maximum Gasteiger partial charge on any atom is 0.0713 e. The van der Waals surface area contributed by atoms with Gasteiger partial charge in [-0.2, -0.15) is 0 Å². The second kappa shape index (κ2) is 16.0. The molecule has 0 atom stereocenters. The molecule has 0 aliphatic heterocycles. The standard InChI is InChI=1S/C67H45N3/c1-4-18-48(19-5-1)67(49-20-6-2-7-21-49)61-28-14-10-24-55(61)56-42-34-47(44-62(56)67)46-32-35-51(36-33-46)68(52-37-39-53(40-38-52)70-63-29-15-11-25-57(63)58-26-12-16-30-64(58)70)54-41-43-66-60(45-54)59-27-13-17-31-65(59)69(66)50-22-8-3-9-23-50/h1-45H. The van der Waals surface area contributed by atoms with Crippen LogP contribution in [0.5, 0.6) is 0 Å². The molecule has 0 unspecified atom stereocenters. The quantitative estimate of drug-likeness (QED) is 0.148. The van der Waals surface area contributed by atoms with Gasteiger partial charge in [-0.05, 0) is 136 Å². The minimum atomic E-state index is -0.463. The summed E-state index contributed by atoms with van der Waals surface area (Å²) < 4.78 is 4.77. The molecule has 0 saturated carbocycles. The highest BCUT2D eigenvalue weighted by Gasteiger charge is 2.46. The van der Waals surface area contributed by atoms with Gasteiger partial charge in [-0.1, -0.05) is 182 Å². The summed E-state index contributed by atoms with van der Waals surface area (Å²) in [6.45, 7) is 0. The van der Waals surface area contributed by atoms with Gasteiger partial charge >= 0.3 is 0 Å². The van der Waals surface area contributed by atoms with E-state index in [-0.39, 0.29) is 0 Å². The average molecular weight is 892 g/mol. The third kappa shape index (κ3) is 6.01. The molecule has 70 heavy (non-hydrogen) atoms. The van der Waals surface area contributed by atoms with Crippen molar-refractivity contribution in [2.75, 3.05) is 4.90 Å². The molecular formula is C67H45N3. The van der Waals surface area contributed by atoms with E-state index in [0.717, 1.165) is 28.4 Å². The molecule has 0 radical (unpaired) electrons. The predicted molar refractivity (Wildman–Crippen MR) is 293 cm³/mol. The Bertz CT molecular complexity index is 4000. The van der Waals surface area contributed by atoms with Gasteiger partial charge in [-0.25, -0.2) is 0 Å². The lowest BCUT2D eigenvalue weighted by Gasteiger charge is -2.34. The zero-order valence-corrected chi connectivity index (χ0v) is 38.3. The first-order valence-corrected chi connectivity index (χ1v) is 24.2. The Morgan fingerprint density at radius 3 is 1.30 bits per heavy atom. The summed E-state index contributed by atoms with van der Waals surface area (Å²) >= 11 is 0. The Kier molecular flexibility index (Phi) is 9.11. The van der Waals surface area contributed by atoms with E-state index in [1.807, 2.05) is 0 Å². The first kappa shape index (κ1) is 39.9. The monoisotopic (exact) mass is 891 g/mol. The second-order valence-electron chi connectivity index (χ2n) is 18.4. The van der Waals surface area contributed by atoms with Crippen LogP contribution in [-0.2, 0) is 5.41 Å². The molecule has 0 saturated heterocycles. The molecule has 2 heterocycles. The van der Waals surface area contributed by atoms with Crippen molar-refractivity contribution in [3.8, 4) is 33.6 Å². The molecule has 1 aliphatic rings. The number of benzene rings is 11. The highest BCUT2D eigenvalue weighted by Crippen LogP contribution is 2.57. The predicted octanol–water partition coefficient (Wildman–Crippen LogP) is 17.4. The van der Waals surface area contributed by atoms with Crippen molar-refractivity contribution >= 4 is 60.7 Å². The third-order valence-electron chi connectivity index (χ3n) is 14.8. The summed E-state index contributed by atoms with van der Waals surface area (Å²) in [5.74, 6) is 0. The number of fused-ring (bicyclic) bond motifs is 9. The summed E-state index contributed by atoms with van der Waals surface area (Å²) in [5, 5.41) is 4.94. The molecule has 3 heteroatoms. The number of rotatable bonds is 8.